The van der Waals surface area contributed by atoms with Crippen molar-refractivity contribution in [2.75, 3.05) is 39.8 Å². The van der Waals surface area contributed by atoms with Crippen molar-refractivity contribution in [3.05, 3.63) is 34.1 Å². The van der Waals surface area contributed by atoms with E-state index in [1.165, 1.54) is 18.2 Å². The van der Waals surface area contributed by atoms with E-state index in [9.17, 15) is 14.0 Å². The highest BCUT2D eigenvalue weighted by Gasteiger charge is 2.24. The normalized spacial score (nSPS) is 15.9. The third kappa shape index (κ3) is 4.01. The quantitative estimate of drug-likeness (QED) is 0.880. The number of rotatable bonds is 3. The monoisotopic (exact) mass is 357 g/mol. The van der Waals surface area contributed by atoms with Crippen LogP contribution in [0.15, 0.2) is 22.7 Å². The number of likely N-dealkylation sites (N-methyl/N-ethyl adjacent to an activating group) is 1. The number of nitrogens with one attached hydrogen (secondary N) is 1. The molecule has 0 spiro atoms. The maximum absolute atomic E-state index is 13.1. The van der Waals surface area contributed by atoms with E-state index in [1.807, 2.05) is 4.90 Å². The molecule has 1 aromatic rings. The number of piperazine rings is 1. The molecular formula is C14H17BrFN3O2. The molecular weight excluding hydrogens is 341 g/mol. The smallest absolute Gasteiger partial charge is 0.255 e. The first kappa shape index (κ1) is 15.9. The zero-order valence-corrected chi connectivity index (χ0v) is 13.3. The molecule has 1 N–H and O–H groups in total. The SMILES string of the molecule is CNC(=O)CN1CCN(C(=O)c2ccc(F)cc2Br)CC1. The molecule has 114 valence electrons. The molecule has 0 radical (unpaired) electrons. The number of amides is 2. The summed E-state index contributed by atoms with van der Waals surface area (Å²) >= 11 is 3.22. The lowest BCUT2D eigenvalue weighted by Crippen LogP contribution is -2.50. The van der Waals surface area contributed by atoms with Gasteiger partial charge in [0, 0.05) is 37.7 Å². The summed E-state index contributed by atoms with van der Waals surface area (Å²) in [5.74, 6) is -0.536. The summed E-state index contributed by atoms with van der Waals surface area (Å²) in [7, 11) is 1.61. The third-order valence-electron chi connectivity index (χ3n) is 3.47. The molecule has 1 saturated heterocycles. The van der Waals surface area contributed by atoms with E-state index in [-0.39, 0.29) is 17.6 Å². The molecule has 0 aromatic heterocycles. The van der Waals surface area contributed by atoms with Gasteiger partial charge < -0.3 is 10.2 Å². The highest BCUT2D eigenvalue weighted by Crippen LogP contribution is 2.20. The molecule has 0 bridgehead atoms. The number of nitrogens with zero attached hydrogens (tertiary/aromatic N) is 2. The van der Waals surface area contributed by atoms with E-state index in [0.717, 1.165) is 0 Å². The van der Waals surface area contributed by atoms with Crippen molar-refractivity contribution in [2.24, 2.45) is 0 Å². The van der Waals surface area contributed by atoms with Gasteiger partial charge in [0.15, 0.2) is 0 Å². The van der Waals surface area contributed by atoms with Crippen LogP contribution in [0.2, 0.25) is 0 Å². The first-order valence-electron chi connectivity index (χ1n) is 6.68. The summed E-state index contributed by atoms with van der Waals surface area (Å²) in [6, 6.07) is 4.05. The van der Waals surface area contributed by atoms with Crippen LogP contribution in [-0.4, -0.2) is 61.4 Å². The van der Waals surface area contributed by atoms with Crippen LogP contribution in [0.3, 0.4) is 0 Å². The highest BCUT2D eigenvalue weighted by atomic mass is 79.9. The largest absolute Gasteiger partial charge is 0.358 e. The van der Waals surface area contributed by atoms with Gasteiger partial charge in [-0.3, -0.25) is 14.5 Å². The van der Waals surface area contributed by atoms with E-state index < -0.39 is 0 Å². The number of carbonyl (C=O) groups excluding carboxylic acids is 2. The molecule has 1 heterocycles. The van der Waals surface area contributed by atoms with Crippen molar-refractivity contribution >= 4 is 27.7 Å². The fourth-order valence-electron chi connectivity index (χ4n) is 2.22. The molecule has 0 unspecified atom stereocenters. The second-order valence-corrected chi connectivity index (χ2v) is 5.72. The van der Waals surface area contributed by atoms with Gasteiger partial charge in [0.2, 0.25) is 5.91 Å². The topological polar surface area (TPSA) is 52.7 Å². The van der Waals surface area contributed by atoms with Crippen LogP contribution in [0.1, 0.15) is 10.4 Å². The van der Waals surface area contributed by atoms with Crippen LogP contribution in [0.25, 0.3) is 0 Å². The molecule has 21 heavy (non-hydrogen) atoms. The molecule has 2 amide bonds. The van der Waals surface area contributed by atoms with Crippen molar-refractivity contribution in [3.8, 4) is 0 Å². The number of halogens is 2. The minimum absolute atomic E-state index is 0.0314. The van der Waals surface area contributed by atoms with E-state index in [0.29, 0.717) is 42.8 Å². The Labute approximate surface area is 131 Å². The second kappa shape index (κ2) is 7.00. The van der Waals surface area contributed by atoms with Gasteiger partial charge in [-0.2, -0.15) is 0 Å². The van der Waals surface area contributed by atoms with Gasteiger partial charge in [-0.05, 0) is 34.1 Å². The summed E-state index contributed by atoms with van der Waals surface area (Å²) in [6.45, 7) is 2.76. The van der Waals surface area contributed by atoms with Gasteiger partial charge in [0.05, 0.1) is 12.1 Å². The predicted molar refractivity (Wildman–Crippen MR) is 80.5 cm³/mol. The van der Waals surface area contributed by atoms with E-state index in [2.05, 4.69) is 21.2 Å². The maximum Gasteiger partial charge on any atom is 0.255 e. The number of benzene rings is 1. The van der Waals surface area contributed by atoms with E-state index >= 15 is 0 Å². The van der Waals surface area contributed by atoms with Gasteiger partial charge in [-0.1, -0.05) is 0 Å². The molecule has 0 saturated carbocycles. The van der Waals surface area contributed by atoms with Gasteiger partial charge in [0.1, 0.15) is 5.82 Å². The van der Waals surface area contributed by atoms with Crippen LogP contribution >= 0.6 is 15.9 Å². The number of hydrogen-bond acceptors (Lipinski definition) is 3. The summed E-state index contributed by atoms with van der Waals surface area (Å²) in [4.78, 5) is 27.4. The fourth-order valence-corrected chi connectivity index (χ4v) is 2.74. The molecule has 0 atom stereocenters. The Morgan fingerprint density at radius 3 is 2.52 bits per heavy atom. The molecule has 5 nitrogen and oxygen atoms in total. The zero-order valence-electron chi connectivity index (χ0n) is 11.7. The summed E-state index contributed by atoms with van der Waals surface area (Å²) in [6.07, 6.45) is 0. The van der Waals surface area contributed by atoms with Gasteiger partial charge in [0.25, 0.3) is 5.91 Å². The van der Waals surface area contributed by atoms with Crippen LogP contribution in [0.4, 0.5) is 4.39 Å². The Morgan fingerprint density at radius 2 is 1.95 bits per heavy atom. The Bertz CT molecular complexity index is 545. The summed E-state index contributed by atoms with van der Waals surface area (Å²) in [5, 5.41) is 2.58. The lowest BCUT2D eigenvalue weighted by atomic mass is 10.1. The van der Waals surface area contributed by atoms with Crippen molar-refractivity contribution in [3.63, 3.8) is 0 Å². The lowest BCUT2D eigenvalue weighted by Gasteiger charge is -2.34. The molecule has 7 heteroatoms. The predicted octanol–water partition coefficient (Wildman–Crippen LogP) is 1.09. The standard InChI is InChI=1S/C14H17BrFN3O2/c1-17-13(20)9-18-4-6-19(7-5-18)14(21)11-3-2-10(16)8-12(11)15/h2-3,8H,4-7,9H2,1H3,(H,17,20). The van der Waals surface area contributed by atoms with Gasteiger partial charge in [-0.25, -0.2) is 4.39 Å². The Kier molecular flexibility index (Phi) is 5.30. The first-order chi connectivity index (χ1) is 10.0. The molecule has 2 rings (SSSR count). The minimum Gasteiger partial charge on any atom is -0.358 e. The van der Waals surface area contributed by atoms with Crippen LogP contribution in [0, 0.1) is 5.82 Å². The van der Waals surface area contributed by atoms with Crippen molar-refractivity contribution in [2.45, 2.75) is 0 Å². The molecule has 0 aliphatic carbocycles. The van der Waals surface area contributed by atoms with E-state index in [4.69, 9.17) is 0 Å². The summed E-state index contributed by atoms with van der Waals surface area (Å²) < 4.78 is 13.5. The third-order valence-corrected chi connectivity index (χ3v) is 4.12. The zero-order chi connectivity index (χ0) is 15.4. The Hall–Kier alpha value is -1.47. The van der Waals surface area contributed by atoms with Crippen LogP contribution in [-0.2, 0) is 4.79 Å². The second-order valence-electron chi connectivity index (χ2n) is 4.87. The molecule has 1 aliphatic heterocycles. The molecule has 1 fully saturated rings. The number of carbonyl (C=O) groups is 2. The summed E-state index contributed by atoms with van der Waals surface area (Å²) in [5.41, 5.74) is 0.455. The van der Waals surface area contributed by atoms with Gasteiger partial charge >= 0.3 is 0 Å². The average Bonchev–Trinajstić information content (AvgIpc) is 2.47. The Balaban J connectivity index is 1.95. The van der Waals surface area contributed by atoms with Crippen LogP contribution < -0.4 is 5.32 Å². The van der Waals surface area contributed by atoms with Crippen molar-refractivity contribution in [1.29, 1.82) is 0 Å². The van der Waals surface area contributed by atoms with Crippen molar-refractivity contribution in [1.82, 2.24) is 15.1 Å². The van der Waals surface area contributed by atoms with Crippen molar-refractivity contribution < 1.29 is 14.0 Å². The fraction of sp³-hybridized carbons (Fsp3) is 0.429. The van der Waals surface area contributed by atoms with E-state index in [1.54, 1.807) is 11.9 Å². The minimum atomic E-state index is -0.381. The molecule has 1 aromatic carbocycles. The highest BCUT2D eigenvalue weighted by molar-refractivity contribution is 9.10. The first-order valence-corrected chi connectivity index (χ1v) is 7.48. The Morgan fingerprint density at radius 1 is 1.29 bits per heavy atom. The maximum atomic E-state index is 13.1. The number of hydrogen-bond donors (Lipinski definition) is 1. The molecule has 1 aliphatic rings. The van der Waals surface area contributed by atoms with Gasteiger partial charge in [-0.15, -0.1) is 0 Å². The lowest BCUT2D eigenvalue weighted by molar-refractivity contribution is -0.122. The average molecular weight is 358 g/mol. The van der Waals surface area contributed by atoms with Crippen LogP contribution in [0.5, 0.6) is 0 Å².